The highest BCUT2D eigenvalue weighted by molar-refractivity contribution is 6.34. The van der Waals surface area contributed by atoms with Gasteiger partial charge in [-0.2, -0.15) is 0 Å². The first-order chi connectivity index (χ1) is 7.61. The maximum Gasteiger partial charge on any atom is 0.229 e. The molecule has 1 atom stereocenters. The van der Waals surface area contributed by atoms with Gasteiger partial charge in [0.2, 0.25) is 5.91 Å². The summed E-state index contributed by atoms with van der Waals surface area (Å²) < 4.78 is 5.07. The number of anilines is 1. The first kappa shape index (κ1) is 11.2. The first-order valence-corrected chi connectivity index (χ1v) is 5.31. The Hall–Kier alpha value is -1.26. The van der Waals surface area contributed by atoms with Gasteiger partial charge in [0.1, 0.15) is 5.75 Å². The summed E-state index contributed by atoms with van der Waals surface area (Å²) in [6.45, 7) is 0.283. The van der Waals surface area contributed by atoms with E-state index in [0.29, 0.717) is 16.5 Å². The highest BCUT2D eigenvalue weighted by atomic mass is 35.5. The van der Waals surface area contributed by atoms with Crippen molar-refractivity contribution in [3.05, 3.63) is 23.2 Å². The van der Waals surface area contributed by atoms with Crippen LogP contribution in [0.1, 0.15) is 6.42 Å². The van der Waals surface area contributed by atoms with Gasteiger partial charge in [-0.25, -0.2) is 0 Å². The van der Waals surface area contributed by atoms with E-state index in [1.54, 1.807) is 25.3 Å². The Kier molecular flexibility index (Phi) is 3.03. The number of carbonyl (C=O) groups excluding carboxylic acids is 1. The Labute approximate surface area is 98.4 Å². The molecule has 5 heteroatoms. The van der Waals surface area contributed by atoms with E-state index in [-0.39, 0.29) is 18.9 Å². The second-order valence-electron chi connectivity index (χ2n) is 3.68. The lowest BCUT2D eigenvalue weighted by Gasteiger charge is -2.18. The van der Waals surface area contributed by atoms with E-state index in [1.165, 1.54) is 4.90 Å². The molecule has 1 heterocycles. The van der Waals surface area contributed by atoms with Gasteiger partial charge in [-0.15, -0.1) is 0 Å². The van der Waals surface area contributed by atoms with E-state index in [9.17, 15) is 9.90 Å². The Bertz CT molecular complexity index is 422. The number of aliphatic hydroxyl groups excluding tert-OH is 1. The van der Waals surface area contributed by atoms with Gasteiger partial charge in [-0.05, 0) is 12.1 Å². The van der Waals surface area contributed by atoms with Gasteiger partial charge < -0.3 is 14.7 Å². The molecule has 1 N–H and O–H groups in total. The predicted octanol–water partition coefficient (Wildman–Crippen LogP) is 1.45. The van der Waals surface area contributed by atoms with Crippen molar-refractivity contribution in [1.29, 1.82) is 0 Å². The topological polar surface area (TPSA) is 49.8 Å². The molecule has 16 heavy (non-hydrogen) atoms. The van der Waals surface area contributed by atoms with Crippen LogP contribution in [0, 0.1) is 0 Å². The van der Waals surface area contributed by atoms with Crippen LogP contribution in [0.15, 0.2) is 18.2 Å². The number of rotatable bonds is 2. The summed E-state index contributed by atoms with van der Waals surface area (Å²) in [4.78, 5) is 13.1. The number of benzene rings is 1. The summed E-state index contributed by atoms with van der Waals surface area (Å²) in [6, 6.07) is 5.09. The van der Waals surface area contributed by atoms with Gasteiger partial charge in [-0.1, -0.05) is 11.6 Å². The fraction of sp³-hybridized carbons (Fsp3) is 0.364. The van der Waals surface area contributed by atoms with Crippen LogP contribution in [0.5, 0.6) is 5.75 Å². The van der Waals surface area contributed by atoms with Crippen molar-refractivity contribution >= 4 is 23.2 Å². The number of amides is 1. The smallest absolute Gasteiger partial charge is 0.229 e. The number of halogens is 1. The second-order valence-corrected chi connectivity index (χ2v) is 4.09. The second kappa shape index (κ2) is 4.31. The molecule has 1 unspecified atom stereocenters. The van der Waals surface area contributed by atoms with E-state index in [4.69, 9.17) is 16.3 Å². The minimum absolute atomic E-state index is 0.123. The molecule has 1 aromatic carbocycles. The van der Waals surface area contributed by atoms with Crippen LogP contribution in [0.25, 0.3) is 0 Å². The molecule has 0 aromatic heterocycles. The maximum atomic E-state index is 11.6. The third kappa shape index (κ3) is 1.99. The monoisotopic (exact) mass is 241 g/mol. The number of aliphatic hydroxyl groups is 1. The number of methoxy groups -OCH3 is 1. The van der Waals surface area contributed by atoms with Crippen LogP contribution in [0.3, 0.4) is 0 Å². The lowest BCUT2D eigenvalue weighted by molar-refractivity contribution is -0.117. The third-order valence-corrected chi connectivity index (χ3v) is 2.87. The minimum Gasteiger partial charge on any atom is -0.497 e. The molecule has 0 saturated carbocycles. The van der Waals surface area contributed by atoms with Crippen LogP contribution in [-0.2, 0) is 4.79 Å². The Morgan fingerprint density at radius 2 is 2.31 bits per heavy atom. The van der Waals surface area contributed by atoms with Crippen molar-refractivity contribution in [3.8, 4) is 5.75 Å². The predicted molar refractivity (Wildman–Crippen MR) is 61.0 cm³/mol. The summed E-state index contributed by atoms with van der Waals surface area (Å²) in [5.74, 6) is 0.510. The summed E-state index contributed by atoms with van der Waals surface area (Å²) in [7, 11) is 1.55. The molecule has 0 radical (unpaired) electrons. The molecular weight excluding hydrogens is 230 g/mol. The van der Waals surface area contributed by atoms with Crippen molar-refractivity contribution in [2.24, 2.45) is 0 Å². The zero-order valence-electron chi connectivity index (χ0n) is 8.81. The minimum atomic E-state index is -0.616. The number of nitrogens with zero attached hydrogens (tertiary/aromatic N) is 1. The van der Waals surface area contributed by atoms with Gasteiger partial charge >= 0.3 is 0 Å². The fourth-order valence-corrected chi connectivity index (χ4v) is 1.97. The molecule has 0 aliphatic carbocycles. The van der Waals surface area contributed by atoms with Gasteiger partial charge in [0, 0.05) is 6.07 Å². The van der Waals surface area contributed by atoms with Crippen LogP contribution in [-0.4, -0.2) is 30.8 Å². The van der Waals surface area contributed by atoms with Crippen molar-refractivity contribution in [1.82, 2.24) is 0 Å². The van der Waals surface area contributed by atoms with Crippen molar-refractivity contribution in [2.75, 3.05) is 18.6 Å². The molecule has 1 amide bonds. The Morgan fingerprint density at radius 3 is 2.88 bits per heavy atom. The number of hydrogen-bond acceptors (Lipinski definition) is 3. The third-order valence-electron chi connectivity index (χ3n) is 2.55. The van der Waals surface area contributed by atoms with E-state index in [2.05, 4.69) is 0 Å². The lowest BCUT2D eigenvalue weighted by atomic mass is 10.2. The van der Waals surface area contributed by atoms with Gasteiger partial charge in [0.15, 0.2) is 0 Å². The zero-order chi connectivity index (χ0) is 11.7. The summed E-state index contributed by atoms with van der Waals surface area (Å²) in [5.41, 5.74) is 0.586. The molecule has 1 aliphatic heterocycles. The first-order valence-electron chi connectivity index (χ1n) is 4.94. The average Bonchev–Trinajstić information content (AvgIpc) is 2.58. The van der Waals surface area contributed by atoms with E-state index in [1.807, 2.05) is 0 Å². The fourth-order valence-electron chi connectivity index (χ4n) is 1.75. The van der Waals surface area contributed by atoms with Crippen LogP contribution < -0.4 is 9.64 Å². The molecule has 86 valence electrons. The molecule has 0 spiro atoms. The molecule has 4 nitrogen and oxygen atoms in total. The molecule has 2 rings (SSSR count). The Balaban J connectivity index is 2.35. The van der Waals surface area contributed by atoms with E-state index < -0.39 is 6.10 Å². The maximum absolute atomic E-state index is 11.6. The highest BCUT2D eigenvalue weighted by Crippen LogP contribution is 2.32. The van der Waals surface area contributed by atoms with Gasteiger partial charge in [-0.3, -0.25) is 4.79 Å². The lowest BCUT2D eigenvalue weighted by Crippen LogP contribution is -2.25. The summed E-state index contributed by atoms with van der Waals surface area (Å²) >= 11 is 6.02. The summed E-state index contributed by atoms with van der Waals surface area (Å²) in [6.07, 6.45) is -0.470. The van der Waals surface area contributed by atoms with Gasteiger partial charge in [0.25, 0.3) is 0 Å². The van der Waals surface area contributed by atoms with E-state index in [0.717, 1.165) is 0 Å². The molecule has 1 fully saturated rings. The quantitative estimate of drug-likeness (QED) is 0.853. The average molecular weight is 242 g/mol. The normalized spacial score (nSPS) is 20.3. The Morgan fingerprint density at radius 1 is 1.56 bits per heavy atom. The standard InChI is InChI=1S/C11H12ClNO3/c1-16-8-2-3-9(12)10(5-8)13-6-7(14)4-11(13)15/h2-3,5,7,14H,4,6H2,1H3. The van der Waals surface area contributed by atoms with Crippen molar-refractivity contribution in [3.63, 3.8) is 0 Å². The number of ether oxygens (including phenoxy) is 1. The zero-order valence-corrected chi connectivity index (χ0v) is 9.57. The largest absolute Gasteiger partial charge is 0.497 e. The van der Waals surface area contributed by atoms with Crippen LogP contribution in [0.2, 0.25) is 5.02 Å². The molecule has 1 aromatic rings. The molecule has 1 aliphatic rings. The van der Waals surface area contributed by atoms with Crippen LogP contribution >= 0.6 is 11.6 Å². The van der Waals surface area contributed by atoms with Gasteiger partial charge in [0.05, 0.1) is 36.9 Å². The highest BCUT2D eigenvalue weighted by Gasteiger charge is 2.30. The number of β-amino-alcohol motifs (C(OH)–C–C–N with tert-alkyl or cyclic N) is 1. The number of carbonyl (C=O) groups is 1. The summed E-state index contributed by atoms with van der Waals surface area (Å²) in [5, 5.41) is 9.89. The number of hydrogen-bond donors (Lipinski definition) is 1. The van der Waals surface area contributed by atoms with E-state index >= 15 is 0 Å². The SMILES string of the molecule is COc1ccc(Cl)c(N2CC(O)CC2=O)c1. The molecule has 1 saturated heterocycles. The van der Waals surface area contributed by atoms with Crippen LogP contribution in [0.4, 0.5) is 5.69 Å². The molecule has 0 bridgehead atoms. The van der Waals surface area contributed by atoms with Crippen molar-refractivity contribution < 1.29 is 14.6 Å². The molecular formula is C11H12ClNO3. The van der Waals surface area contributed by atoms with Crippen molar-refractivity contribution in [2.45, 2.75) is 12.5 Å².